The number of piperazine rings is 1. The summed E-state index contributed by atoms with van der Waals surface area (Å²) in [6.45, 7) is 4.99. The van der Waals surface area contributed by atoms with Crippen molar-refractivity contribution < 1.29 is 4.74 Å². The molecule has 0 radical (unpaired) electrons. The van der Waals surface area contributed by atoms with Gasteiger partial charge in [0.25, 0.3) is 0 Å². The van der Waals surface area contributed by atoms with Gasteiger partial charge in [0.05, 0.1) is 17.3 Å². The summed E-state index contributed by atoms with van der Waals surface area (Å²) in [6, 6.07) is 19.3. The lowest BCUT2D eigenvalue weighted by Gasteiger charge is -2.34. The Labute approximate surface area is 163 Å². The van der Waals surface area contributed by atoms with Crippen LogP contribution in [0, 0.1) is 11.3 Å². The fourth-order valence-electron chi connectivity index (χ4n) is 3.24. The van der Waals surface area contributed by atoms with Crippen molar-refractivity contribution in [1.29, 1.82) is 5.26 Å². The van der Waals surface area contributed by atoms with Crippen molar-refractivity contribution in [2.45, 2.75) is 0 Å². The molecular formula is C20H21N7O. The van der Waals surface area contributed by atoms with E-state index in [-0.39, 0.29) is 0 Å². The van der Waals surface area contributed by atoms with Gasteiger partial charge in [0.1, 0.15) is 12.4 Å². The van der Waals surface area contributed by atoms with Crippen LogP contribution in [0.3, 0.4) is 0 Å². The molecule has 0 amide bonds. The number of rotatable bonds is 6. The number of ether oxygens (including phenoxy) is 1. The third kappa shape index (κ3) is 4.10. The second-order valence-electron chi connectivity index (χ2n) is 6.54. The molecule has 0 bridgehead atoms. The summed E-state index contributed by atoms with van der Waals surface area (Å²) in [5.74, 6) is 1.51. The zero-order valence-electron chi connectivity index (χ0n) is 15.5. The maximum Gasteiger partial charge on any atom is 0.250 e. The second-order valence-corrected chi connectivity index (χ2v) is 6.54. The third-order valence-electron chi connectivity index (χ3n) is 4.75. The number of hydrogen-bond acceptors (Lipinski definition) is 7. The number of benzene rings is 2. The number of aromatic nitrogens is 4. The molecule has 0 spiro atoms. The van der Waals surface area contributed by atoms with E-state index in [0.717, 1.165) is 50.1 Å². The van der Waals surface area contributed by atoms with E-state index in [9.17, 15) is 0 Å². The third-order valence-corrected chi connectivity index (χ3v) is 4.75. The lowest BCUT2D eigenvalue weighted by molar-refractivity contribution is 0.200. The highest BCUT2D eigenvalue weighted by Gasteiger charge is 2.22. The highest BCUT2D eigenvalue weighted by Crippen LogP contribution is 2.17. The van der Waals surface area contributed by atoms with Crippen LogP contribution < -0.4 is 9.64 Å². The first kappa shape index (κ1) is 17.9. The lowest BCUT2D eigenvalue weighted by Crippen LogP contribution is -2.48. The summed E-state index contributed by atoms with van der Waals surface area (Å²) in [7, 11) is 0. The van der Waals surface area contributed by atoms with Crippen molar-refractivity contribution in [2.24, 2.45) is 0 Å². The molecule has 28 heavy (non-hydrogen) atoms. The summed E-state index contributed by atoms with van der Waals surface area (Å²) in [5.41, 5.74) is 1.57. The van der Waals surface area contributed by atoms with Gasteiger partial charge in [-0.1, -0.05) is 29.4 Å². The van der Waals surface area contributed by atoms with Crippen molar-refractivity contribution in [3.63, 3.8) is 0 Å². The monoisotopic (exact) mass is 375 g/mol. The molecule has 1 aromatic heterocycles. The molecule has 0 atom stereocenters. The number of nitrogens with zero attached hydrogens (tertiary/aromatic N) is 7. The quantitative estimate of drug-likeness (QED) is 0.649. The smallest absolute Gasteiger partial charge is 0.250 e. The van der Waals surface area contributed by atoms with Crippen LogP contribution in [-0.2, 0) is 0 Å². The summed E-state index contributed by atoms with van der Waals surface area (Å²) < 4.78 is 7.56. The fourth-order valence-corrected chi connectivity index (χ4v) is 3.24. The van der Waals surface area contributed by atoms with Gasteiger partial charge in [-0.3, -0.25) is 4.90 Å². The van der Waals surface area contributed by atoms with Gasteiger partial charge in [-0.2, -0.15) is 9.94 Å². The van der Waals surface area contributed by atoms with Gasteiger partial charge < -0.3 is 9.64 Å². The number of tetrazole rings is 1. The van der Waals surface area contributed by atoms with Crippen molar-refractivity contribution in [3.8, 4) is 17.5 Å². The van der Waals surface area contributed by atoms with Gasteiger partial charge in [-0.25, -0.2) is 0 Å². The summed E-state index contributed by atoms with van der Waals surface area (Å²) >= 11 is 0. The van der Waals surface area contributed by atoms with Gasteiger partial charge in [0, 0.05) is 32.7 Å². The highest BCUT2D eigenvalue weighted by molar-refractivity contribution is 5.41. The van der Waals surface area contributed by atoms with Gasteiger partial charge >= 0.3 is 0 Å². The van der Waals surface area contributed by atoms with Crippen molar-refractivity contribution in [1.82, 2.24) is 25.1 Å². The maximum atomic E-state index is 8.95. The average Bonchev–Trinajstić information content (AvgIpc) is 3.25. The zero-order chi connectivity index (χ0) is 19.2. The second kappa shape index (κ2) is 8.50. The molecule has 8 heteroatoms. The lowest BCUT2D eigenvalue weighted by atomic mass is 10.2. The van der Waals surface area contributed by atoms with Crippen LogP contribution in [0.15, 0.2) is 54.6 Å². The first-order valence-electron chi connectivity index (χ1n) is 9.27. The Kier molecular flexibility index (Phi) is 5.45. The van der Waals surface area contributed by atoms with Gasteiger partial charge in [-0.05, 0) is 40.8 Å². The fraction of sp³-hybridized carbons (Fsp3) is 0.300. The topological polar surface area (TPSA) is 83.1 Å². The predicted octanol–water partition coefficient (Wildman–Crippen LogP) is 1.73. The van der Waals surface area contributed by atoms with Crippen molar-refractivity contribution in [2.75, 3.05) is 44.2 Å². The Balaban J connectivity index is 1.29. The molecule has 2 heterocycles. The van der Waals surface area contributed by atoms with E-state index < -0.39 is 0 Å². The Bertz CT molecular complexity index is 942. The number of para-hydroxylation sites is 1. The molecule has 1 fully saturated rings. The average molecular weight is 375 g/mol. The van der Waals surface area contributed by atoms with E-state index in [0.29, 0.717) is 12.2 Å². The molecule has 0 unspecified atom stereocenters. The van der Waals surface area contributed by atoms with E-state index in [1.165, 1.54) is 0 Å². The minimum Gasteiger partial charge on any atom is -0.492 e. The molecular weight excluding hydrogens is 354 g/mol. The minimum absolute atomic E-state index is 0.594. The van der Waals surface area contributed by atoms with E-state index in [4.69, 9.17) is 10.00 Å². The number of anilines is 1. The van der Waals surface area contributed by atoms with Gasteiger partial charge in [-0.15, -0.1) is 0 Å². The van der Waals surface area contributed by atoms with Crippen LogP contribution in [-0.4, -0.2) is 64.4 Å². The maximum absolute atomic E-state index is 8.95. The zero-order valence-corrected chi connectivity index (χ0v) is 15.5. The molecule has 4 rings (SSSR count). The Hall–Kier alpha value is -3.44. The summed E-state index contributed by atoms with van der Waals surface area (Å²) in [6.07, 6.45) is 0. The summed E-state index contributed by atoms with van der Waals surface area (Å²) in [4.78, 5) is 4.57. The molecule has 3 aromatic rings. The van der Waals surface area contributed by atoms with E-state index in [2.05, 4.69) is 31.4 Å². The SMILES string of the molecule is N#Cc1cccc(OCCN2CCN(c3nnnn3-c3ccccc3)CC2)c1. The molecule has 1 aliphatic rings. The van der Waals surface area contributed by atoms with Gasteiger partial charge in [0.2, 0.25) is 5.95 Å². The highest BCUT2D eigenvalue weighted by atomic mass is 16.5. The van der Waals surface area contributed by atoms with E-state index >= 15 is 0 Å². The van der Waals surface area contributed by atoms with Crippen LogP contribution in [0.2, 0.25) is 0 Å². The first-order valence-corrected chi connectivity index (χ1v) is 9.27. The molecule has 0 aliphatic carbocycles. The van der Waals surface area contributed by atoms with Crippen LogP contribution in [0.5, 0.6) is 5.75 Å². The van der Waals surface area contributed by atoms with E-state index in [1.807, 2.05) is 42.5 Å². The number of hydrogen-bond donors (Lipinski definition) is 0. The van der Waals surface area contributed by atoms with Crippen molar-refractivity contribution in [3.05, 3.63) is 60.2 Å². The Morgan fingerprint density at radius 3 is 2.61 bits per heavy atom. The molecule has 142 valence electrons. The normalized spacial score (nSPS) is 14.6. The molecule has 2 aromatic carbocycles. The molecule has 1 aliphatic heterocycles. The first-order chi connectivity index (χ1) is 13.8. The minimum atomic E-state index is 0.594. The Morgan fingerprint density at radius 1 is 1.00 bits per heavy atom. The van der Waals surface area contributed by atoms with Crippen LogP contribution in [0.25, 0.3) is 5.69 Å². The molecule has 1 saturated heterocycles. The molecule has 0 saturated carbocycles. The van der Waals surface area contributed by atoms with Gasteiger partial charge in [0.15, 0.2) is 0 Å². The summed E-state index contributed by atoms with van der Waals surface area (Å²) in [5, 5.41) is 21.2. The molecule has 8 nitrogen and oxygen atoms in total. The largest absolute Gasteiger partial charge is 0.492 e. The van der Waals surface area contributed by atoms with E-state index in [1.54, 1.807) is 16.8 Å². The van der Waals surface area contributed by atoms with Crippen LogP contribution in [0.1, 0.15) is 5.56 Å². The van der Waals surface area contributed by atoms with Crippen molar-refractivity contribution >= 4 is 5.95 Å². The Morgan fingerprint density at radius 2 is 1.82 bits per heavy atom. The standard InChI is InChI=1S/C20H21N7O/c21-16-17-5-4-8-19(15-17)28-14-13-25-9-11-26(12-10-25)20-22-23-24-27(20)18-6-2-1-3-7-18/h1-8,15H,9-14H2. The van der Waals surface area contributed by atoms with Crippen LogP contribution >= 0.6 is 0 Å². The predicted molar refractivity (Wildman–Crippen MR) is 104 cm³/mol. The van der Waals surface area contributed by atoms with Crippen LogP contribution in [0.4, 0.5) is 5.95 Å². The number of nitriles is 1. The molecule has 0 N–H and O–H groups in total.